The van der Waals surface area contributed by atoms with Crippen LogP contribution in [0.15, 0.2) is 6.07 Å². The minimum absolute atomic E-state index is 0.0711. The van der Waals surface area contributed by atoms with Crippen LogP contribution in [0.2, 0.25) is 0 Å². The Balaban J connectivity index is 2.11. The number of aryl methyl sites for hydroxylation is 2. The fraction of sp³-hybridized carbons (Fsp3) is 0.636. The quantitative estimate of drug-likeness (QED) is 0.800. The van der Waals surface area contributed by atoms with Gasteiger partial charge in [0, 0.05) is 22.8 Å². The van der Waals surface area contributed by atoms with E-state index < -0.39 is 12.8 Å². The number of thiophene rings is 1. The van der Waals surface area contributed by atoms with Gasteiger partial charge in [0.25, 0.3) is 0 Å². The predicted molar refractivity (Wildman–Crippen MR) is 62.4 cm³/mol. The molecule has 0 fully saturated rings. The van der Waals surface area contributed by atoms with Gasteiger partial charge in [0.05, 0.1) is 6.61 Å². The summed E-state index contributed by atoms with van der Waals surface area (Å²) in [4.78, 5) is 2.49. The average molecular weight is 267 g/mol. The lowest BCUT2D eigenvalue weighted by Crippen LogP contribution is -2.23. The molecule has 0 amide bonds. The number of rotatable bonds is 6. The van der Waals surface area contributed by atoms with Gasteiger partial charge >= 0.3 is 6.18 Å². The molecule has 0 spiro atoms. The Morgan fingerprint density at radius 1 is 1.35 bits per heavy atom. The van der Waals surface area contributed by atoms with Crippen LogP contribution in [0.5, 0.6) is 0 Å². The summed E-state index contributed by atoms with van der Waals surface area (Å²) in [6.45, 7) is 4.06. The Morgan fingerprint density at radius 3 is 2.59 bits per heavy atom. The van der Waals surface area contributed by atoms with Gasteiger partial charge in [-0.1, -0.05) is 0 Å². The van der Waals surface area contributed by atoms with Crippen LogP contribution in [0.3, 0.4) is 0 Å². The smallest absolute Gasteiger partial charge is 0.371 e. The molecule has 98 valence electrons. The zero-order valence-electron chi connectivity index (χ0n) is 9.86. The number of ether oxygens (including phenoxy) is 1. The molecule has 1 aromatic heterocycles. The van der Waals surface area contributed by atoms with Crippen molar-refractivity contribution in [3.05, 3.63) is 21.4 Å². The Hall–Kier alpha value is -0.590. The van der Waals surface area contributed by atoms with Crippen LogP contribution in [0.4, 0.5) is 13.2 Å². The number of nitrogens with one attached hydrogen (secondary N) is 1. The molecule has 1 rings (SSSR count). The van der Waals surface area contributed by atoms with Crippen LogP contribution in [-0.2, 0) is 11.3 Å². The monoisotopic (exact) mass is 267 g/mol. The number of halogens is 3. The maximum Gasteiger partial charge on any atom is 0.411 e. The summed E-state index contributed by atoms with van der Waals surface area (Å²) < 4.78 is 39.7. The van der Waals surface area contributed by atoms with Crippen LogP contribution < -0.4 is 5.32 Å². The van der Waals surface area contributed by atoms with E-state index in [1.807, 2.05) is 13.8 Å². The van der Waals surface area contributed by atoms with Crippen molar-refractivity contribution in [3.63, 3.8) is 0 Å². The minimum Gasteiger partial charge on any atom is -0.371 e. The van der Waals surface area contributed by atoms with Gasteiger partial charge in [0.15, 0.2) is 0 Å². The Bertz CT molecular complexity index is 349. The number of hydrogen-bond acceptors (Lipinski definition) is 3. The Labute approximate surface area is 103 Å². The van der Waals surface area contributed by atoms with Crippen molar-refractivity contribution in [2.24, 2.45) is 0 Å². The second-order valence-electron chi connectivity index (χ2n) is 3.78. The molecular weight excluding hydrogens is 251 g/mol. The molecule has 1 heterocycles. The normalized spacial score (nSPS) is 12.1. The van der Waals surface area contributed by atoms with Gasteiger partial charge in [-0.2, -0.15) is 13.2 Å². The predicted octanol–water partition coefficient (Wildman–Crippen LogP) is 3.03. The van der Waals surface area contributed by atoms with Crippen LogP contribution in [0.25, 0.3) is 0 Å². The van der Waals surface area contributed by atoms with E-state index in [1.54, 1.807) is 11.3 Å². The van der Waals surface area contributed by atoms with E-state index in [1.165, 1.54) is 15.3 Å². The van der Waals surface area contributed by atoms with Crippen molar-refractivity contribution in [2.45, 2.75) is 26.6 Å². The molecule has 17 heavy (non-hydrogen) atoms. The molecule has 0 atom stereocenters. The van der Waals surface area contributed by atoms with Crippen LogP contribution in [0.1, 0.15) is 15.3 Å². The van der Waals surface area contributed by atoms with Crippen LogP contribution in [-0.4, -0.2) is 25.9 Å². The zero-order valence-corrected chi connectivity index (χ0v) is 10.7. The molecule has 6 heteroatoms. The Morgan fingerprint density at radius 2 is 2.06 bits per heavy atom. The maximum atomic E-state index is 11.7. The van der Waals surface area contributed by atoms with Crippen molar-refractivity contribution < 1.29 is 17.9 Å². The highest BCUT2D eigenvalue weighted by Gasteiger charge is 2.27. The maximum absolute atomic E-state index is 11.7. The molecule has 0 aliphatic rings. The van der Waals surface area contributed by atoms with Gasteiger partial charge in [-0.15, -0.1) is 11.3 Å². The van der Waals surface area contributed by atoms with Crippen molar-refractivity contribution in [1.82, 2.24) is 5.32 Å². The molecule has 0 aromatic carbocycles. The van der Waals surface area contributed by atoms with Crippen molar-refractivity contribution in [2.75, 3.05) is 19.8 Å². The van der Waals surface area contributed by atoms with Crippen molar-refractivity contribution >= 4 is 11.3 Å². The standard InChI is InChI=1S/C11H16F3NOS/c1-8-5-10(9(2)17-8)6-15-3-4-16-7-11(12,13)14/h5,15H,3-4,6-7H2,1-2H3. The summed E-state index contributed by atoms with van der Waals surface area (Å²) in [6.07, 6.45) is -4.24. The molecule has 0 saturated carbocycles. The summed E-state index contributed by atoms with van der Waals surface area (Å²) in [5, 5.41) is 3.06. The third-order valence-electron chi connectivity index (χ3n) is 2.15. The number of alkyl halides is 3. The average Bonchev–Trinajstić information content (AvgIpc) is 2.49. The van der Waals surface area contributed by atoms with Crippen molar-refractivity contribution in [1.29, 1.82) is 0 Å². The highest BCUT2D eigenvalue weighted by molar-refractivity contribution is 7.12. The number of hydrogen-bond donors (Lipinski definition) is 1. The fourth-order valence-electron chi connectivity index (χ4n) is 1.41. The van der Waals surface area contributed by atoms with Gasteiger partial charge in [-0.05, 0) is 25.5 Å². The molecule has 0 aliphatic carbocycles. The lowest BCUT2D eigenvalue weighted by molar-refractivity contribution is -0.173. The summed E-state index contributed by atoms with van der Waals surface area (Å²) in [5.41, 5.74) is 1.20. The first kappa shape index (κ1) is 14.5. The first-order valence-corrected chi connectivity index (χ1v) is 6.11. The molecule has 0 saturated heterocycles. The fourth-order valence-corrected chi connectivity index (χ4v) is 2.36. The van der Waals surface area contributed by atoms with E-state index in [0.29, 0.717) is 13.1 Å². The van der Waals surface area contributed by atoms with E-state index in [0.717, 1.165) is 0 Å². The topological polar surface area (TPSA) is 21.3 Å². The summed E-state index contributed by atoms with van der Waals surface area (Å²) in [7, 11) is 0. The zero-order chi connectivity index (χ0) is 12.9. The summed E-state index contributed by atoms with van der Waals surface area (Å²) in [6, 6.07) is 2.09. The van der Waals surface area contributed by atoms with E-state index in [9.17, 15) is 13.2 Å². The first-order chi connectivity index (χ1) is 7.88. The molecule has 1 N–H and O–H groups in total. The second-order valence-corrected chi connectivity index (χ2v) is 5.24. The van der Waals surface area contributed by atoms with Gasteiger partial charge in [-0.3, -0.25) is 0 Å². The third-order valence-corrected chi connectivity index (χ3v) is 3.16. The minimum atomic E-state index is -4.24. The van der Waals surface area contributed by atoms with E-state index in [-0.39, 0.29) is 6.61 Å². The largest absolute Gasteiger partial charge is 0.411 e. The SMILES string of the molecule is Cc1cc(CNCCOCC(F)(F)F)c(C)s1. The van der Waals surface area contributed by atoms with Gasteiger partial charge < -0.3 is 10.1 Å². The molecule has 0 aliphatic heterocycles. The third kappa shape index (κ3) is 6.05. The van der Waals surface area contributed by atoms with Crippen LogP contribution >= 0.6 is 11.3 Å². The van der Waals surface area contributed by atoms with E-state index >= 15 is 0 Å². The molecule has 0 radical (unpaired) electrons. The van der Waals surface area contributed by atoms with E-state index in [4.69, 9.17) is 0 Å². The second kappa shape index (κ2) is 6.37. The first-order valence-electron chi connectivity index (χ1n) is 5.29. The van der Waals surface area contributed by atoms with Gasteiger partial charge in [-0.25, -0.2) is 0 Å². The van der Waals surface area contributed by atoms with Gasteiger partial charge in [0.2, 0.25) is 0 Å². The molecule has 1 aromatic rings. The van der Waals surface area contributed by atoms with Gasteiger partial charge in [0.1, 0.15) is 6.61 Å². The molecule has 2 nitrogen and oxygen atoms in total. The molecular formula is C11H16F3NOS. The molecule has 0 bridgehead atoms. The van der Waals surface area contributed by atoms with Crippen molar-refractivity contribution in [3.8, 4) is 0 Å². The summed E-state index contributed by atoms with van der Waals surface area (Å²) in [5.74, 6) is 0. The van der Waals surface area contributed by atoms with E-state index in [2.05, 4.69) is 16.1 Å². The van der Waals surface area contributed by atoms with Crippen LogP contribution in [0, 0.1) is 13.8 Å². The highest BCUT2D eigenvalue weighted by Crippen LogP contribution is 2.20. The highest BCUT2D eigenvalue weighted by atomic mass is 32.1. The summed E-state index contributed by atoms with van der Waals surface area (Å²) >= 11 is 1.72. The molecule has 0 unspecified atom stereocenters. The lowest BCUT2D eigenvalue weighted by atomic mass is 10.2. The lowest BCUT2D eigenvalue weighted by Gasteiger charge is -2.08. The Kier molecular flexibility index (Phi) is 5.42.